The van der Waals surface area contributed by atoms with Crippen LogP contribution in [-0.2, 0) is 0 Å². The Labute approximate surface area is 78.3 Å². The summed E-state index contributed by atoms with van der Waals surface area (Å²) in [7, 11) is 0. The predicted octanol–water partition coefficient (Wildman–Crippen LogP) is 2.09. The third-order valence-electron chi connectivity index (χ3n) is 1.01. The fraction of sp³-hybridized carbons (Fsp3) is 0.200. The number of halogens is 2. The SMILES string of the molecule is CSc1nc(Cl)nc(N)c1Cl. The lowest BCUT2D eigenvalue weighted by atomic mass is 10.6. The standard InChI is InChI=1S/C5H5Cl2N3S/c1-11-4-2(6)3(8)9-5(7)10-4/h1H3,(H2,8,9,10). The fourth-order valence-corrected chi connectivity index (χ4v) is 1.55. The van der Waals surface area contributed by atoms with Crippen molar-refractivity contribution in [2.75, 3.05) is 12.0 Å². The molecular weight excluding hydrogens is 205 g/mol. The Hall–Kier alpha value is -0.190. The predicted molar refractivity (Wildman–Crippen MR) is 48.2 cm³/mol. The van der Waals surface area contributed by atoms with Gasteiger partial charge in [0.2, 0.25) is 5.28 Å². The molecule has 0 aliphatic rings. The molecule has 60 valence electrons. The van der Waals surface area contributed by atoms with Crippen LogP contribution in [0.15, 0.2) is 5.03 Å². The van der Waals surface area contributed by atoms with E-state index in [0.29, 0.717) is 10.0 Å². The van der Waals surface area contributed by atoms with Gasteiger partial charge in [0.05, 0.1) is 0 Å². The number of aromatic nitrogens is 2. The summed E-state index contributed by atoms with van der Waals surface area (Å²) in [4.78, 5) is 7.53. The van der Waals surface area contributed by atoms with Gasteiger partial charge < -0.3 is 5.73 Å². The highest BCUT2D eigenvalue weighted by Crippen LogP contribution is 2.27. The molecule has 0 saturated heterocycles. The van der Waals surface area contributed by atoms with Gasteiger partial charge in [-0.15, -0.1) is 11.8 Å². The summed E-state index contributed by atoms with van der Waals surface area (Å²) in [6.45, 7) is 0. The second-order valence-corrected chi connectivity index (χ2v) is 3.21. The summed E-state index contributed by atoms with van der Waals surface area (Å²) in [6.07, 6.45) is 1.84. The second kappa shape index (κ2) is 3.47. The molecule has 1 heterocycles. The normalized spacial score (nSPS) is 10.1. The van der Waals surface area contributed by atoms with E-state index in [1.165, 1.54) is 11.8 Å². The van der Waals surface area contributed by atoms with E-state index in [9.17, 15) is 0 Å². The van der Waals surface area contributed by atoms with Gasteiger partial charge in [0.15, 0.2) is 0 Å². The van der Waals surface area contributed by atoms with E-state index >= 15 is 0 Å². The highest BCUT2D eigenvalue weighted by Gasteiger charge is 2.07. The first-order valence-corrected chi connectivity index (χ1v) is 4.65. The van der Waals surface area contributed by atoms with Crippen LogP contribution in [0.25, 0.3) is 0 Å². The summed E-state index contributed by atoms with van der Waals surface area (Å²) in [5.41, 5.74) is 5.42. The van der Waals surface area contributed by atoms with Gasteiger partial charge in [0.25, 0.3) is 0 Å². The number of nitrogens with zero attached hydrogens (tertiary/aromatic N) is 2. The third kappa shape index (κ3) is 1.89. The first-order chi connectivity index (χ1) is 5.15. The summed E-state index contributed by atoms with van der Waals surface area (Å²) < 4.78 is 0. The zero-order valence-corrected chi connectivity index (χ0v) is 7.96. The molecule has 0 spiro atoms. The van der Waals surface area contributed by atoms with Crippen LogP contribution in [-0.4, -0.2) is 16.2 Å². The van der Waals surface area contributed by atoms with E-state index in [0.717, 1.165) is 0 Å². The Morgan fingerprint density at radius 1 is 1.36 bits per heavy atom. The van der Waals surface area contributed by atoms with Crippen molar-refractivity contribution in [2.24, 2.45) is 0 Å². The van der Waals surface area contributed by atoms with E-state index in [2.05, 4.69) is 9.97 Å². The van der Waals surface area contributed by atoms with Gasteiger partial charge in [-0.3, -0.25) is 0 Å². The van der Waals surface area contributed by atoms with Gasteiger partial charge in [0, 0.05) is 0 Å². The first-order valence-electron chi connectivity index (χ1n) is 2.67. The van der Waals surface area contributed by atoms with Gasteiger partial charge >= 0.3 is 0 Å². The van der Waals surface area contributed by atoms with Crippen LogP contribution in [0, 0.1) is 0 Å². The molecule has 0 atom stereocenters. The maximum absolute atomic E-state index is 5.74. The molecule has 1 aromatic heterocycles. The fourth-order valence-electron chi connectivity index (χ4n) is 0.551. The molecule has 11 heavy (non-hydrogen) atoms. The Bertz CT molecular complexity index is 279. The van der Waals surface area contributed by atoms with Crippen LogP contribution in [0.5, 0.6) is 0 Å². The summed E-state index contributed by atoms with van der Waals surface area (Å²) in [6, 6.07) is 0. The quantitative estimate of drug-likeness (QED) is 0.438. The molecule has 0 bridgehead atoms. The zero-order chi connectivity index (χ0) is 8.43. The summed E-state index contributed by atoms with van der Waals surface area (Å²) in [5, 5.41) is 1.09. The van der Waals surface area contributed by atoms with Gasteiger partial charge in [-0.1, -0.05) is 11.6 Å². The van der Waals surface area contributed by atoms with Crippen LogP contribution in [0.2, 0.25) is 10.3 Å². The van der Waals surface area contributed by atoms with Crippen LogP contribution < -0.4 is 5.73 Å². The Morgan fingerprint density at radius 2 is 2.00 bits per heavy atom. The van der Waals surface area contributed by atoms with E-state index in [1.807, 2.05) is 6.26 Å². The van der Waals surface area contributed by atoms with Crippen molar-refractivity contribution >= 4 is 40.8 Å². The van der Waals surface area contributed by atoms with Crippen molar-refractivity contribution in [3.63, 3.8) is 0 Å². The maximum Gasteiger partial charge on any atom is 0.225 e. The Morgan fingerprint density at radius 3 is 2.55 bits per heavy atom. The molecule has 3 nitrogen and oxygen atoms in total. The zero-order valence-electron chi connectivity index (χ0n) is 5.64. The Kier molecular flexibility index (Phi) is 2.81. The van der Waals surface area contributed by atoms with Crippen molar-refractivity contribution in [1.29, 1.82) is 0 Å². The van der Waals surface area contributed by atoms with Crippen LogP contribution >= 0.6 is 35.0 Å². The molecule has 1 rings (SSSR count). The van der Waals surface area contributed by atoms with Crippen LogP contribution in [0.3, 0.4) is 0 Å². The summed E-state index contributed by atoms with van der Waals surface area (Å²) in [5.74, 6) is 0.219. The first kappa shape index (κ1) is 8.90. The van der Waals surface area contributed by atoms with Crippen molar-refractivity contribution in [3.05, 3.63) is 10.3 Å². The minimum Gasteiger partial charge on any atom is -0.382 e. The van der Waals surface area contributed by atoms with Crippen molar-refractivity contribution in [2.45, 2.75) is 5.03 Å². The largest absolute Gasteiger partial charge is 0.382 e. The lowest BCUT2D eigenvalue weighted by Gasteiger charge is -2.01. The Balaban J connectivity index is 3.24. The van der Waals surface area contributed by atoms with E-state index in [-0.39, 0.29) is 11.1 Å². The van der Waals surface area contributed by atoms with Crippen molar-refractivity contribution in [3.8, 4) is 0 Å². The van der Waals surface area contributed by atoms with Gasteiger partial charge in [0.1, 0.15) is 15.9 Å². The molecule has 2 N–H and O–H groups in total. The van der Waals surface area contributed by atoms with Crippen LogP contribution in [0.1, 0.15) is 0 Å². The smallest absolute Gasteiger partial charge is 0.225 e. The maximum atomic E-state index is 5.74. The molecule has 0 unspecified atom stereocenters. The lowest BCUT2D eigenvalue weighted by molar-refractivity contribution is 1.06. The van der Waals surface area contributed by atoms with Gasteiger partial charge in [-0.05, 0) is 17.9 Å². The molecule has 0 aliphatic heterocycles. The highest BCUT2D eigenvalue weighted by atomic mass is 35.5. The van der Waals surface area contributed by atoms with Crippen LogP contribution in [0.4, 0.5) is 5.82 Å². The topological polar surface area (TPSA) is 51.8 Å². The number of hydrogen-bond acceptors (Lipinski definition) is 4. The molecule has 0 radical (unpaired) electrons. The van der Waals surface area contributed by atoms with Gasteiger partial charge in [-0.25, -0.2) is 4.98 Å². The number of hydrogen-bond donors (Lipinski definition) is 1. The van der Waals surface area contributed by atoms with Crippen molar-refractivity contribution < 1.29 is 0 Å². The molecule has 1 aromatic rings. The minimum absolute atomic E-state index is 0.122. The van der Waals surface area contributed by atoms with E-state index in [4.69, 9.17) is 28.9 Å². The molecule has 0 aliphatic carbocycles. The number of rotatable bonds is 1. The number of nitrogens with two attached hydrogens (primary N) is 1. The monoisotopic (exact) mass is 209 g/mol. The highest BCUT2D eigenvalue weighted by molar-refractivity contribution is 7.98. The molecule has 0 fully saturated rings. The number of thioether (sulfide) groups is 1. The minimum atomic E-state index is 0.122. The average Bonchev–Trinajstić information content (AvgIpc) is 1.96. The number of anilines is 1. The molecular formula is C5H5Cl2N3S. The molecule has 0 aromatic carbocycles. The average molecular weight is 210 g/mol. The summed E-state index contributed by atoms with van der Waals surface area (Å²) >= 11 is 12.6. The molecule has 0 saturated carbocycles. The van der Waals surface area contributed by atoms with E-state index in [1.54, 1.807) is 0 Å². The van der Waals surface area contributed by atoms with Crippen molar-refractivity contribution in [1.82, 2.24) is 9.97 Å². The second-order valence-electron chi connectivity index (χ2n) is 1.70. The number of nitrogen functional groups attached to an aromatic ring is 1. The molecule has 6 heteroatoms. The molecule has 0 amide bonds. The van der Waals surface area contributed by atoms with E-state index < -0.39 is 0 Å². The van der Waals surface area contributed by atoms with Gasteiger partial charge in [-0.2, -0.15) is 4.98 Å². The third-order valence-corrected chi connectivity index (χ3v) is 2.35. The lowest BCUT2D eigenvalue weighted by Crippen LogP contribution is -1.95.